The number of ether oxygens (including phenoxy) is 1. The van der Waals surface area contributed by atoms with Crippen molar-refractivity contribution in [2.45, 2.75) is 39.8 Å². The Bertz CT molecular complexity index is 97.0. The van der Waals surface area contributed by atoms with E-state index in [1.807, 2.05) is 27.7 Å². The molecule has 0 unspecified atom stereocenters. The zero-order chi connectivity index (χ0) is 8.36. The number of aliphatic hydroxyl groups excluding tert-OH is 1. The lowest BCUT2D eigenvalue weighted by Gasteiger charge is -2.29. The van der Waals surface area contributed by atoms with Gasteiger partial charge in [-0.2, -0.15) is 0 Å². The van der Waals surface area contributed by atoms with Crippen molar-refractivity contribution in [2.75, 3.05) is 0 Å². The predicted molar refractivity (Wildman–Crippen MR) is 38.2 cm³/mol. The predicted octanol–water partition coefficient (Wildman–Crippen LogP) is 0.706. The van der Waals surface area contributed by atoms with Crippen molar-refractivity contribution >= 4 is 0 Å². The quantitative estimate of drug-likeness (QED) is 0.579. The number of aliphatic hydroxyl groups is 2. The average molecular weight is 148 g/mol. The van der Waals surface area contributed by atoms with Crippen LogP contribution in [0, 0.1) is 5.92 Å². The highest BCUT2D eigenvalue weighted by atomic mass is 16.7. The van der Waals surface area contributed by atoms with Gasteiger partial charge >= 0.3 is 0 Å². The molecular weight excluding hydrogens is 132 g/mol. The zero-order valence-corrected chi connectivity index (χ0v) is 6.96. The van der Waals surface area contributed by atoms with E-state index in [9.17, 15) is 0 Å². The zero-order valence-electron chi connectivity index (χ0n) is 6.96. The summed E-state index contributed by atoms with van der Waals surface area (Å²) < 4.78 is 4.81. The first-order valence-corrected chi connectivity index (χ1v) is 3.40. The smallest absolute Gasteiger partial charge is 0.267 e. The van der Waals surface area contributed by atoms with Gasteiger partial charge in [-0.15, -0.1) is 0 Å². The second-order valence-electron chi connectivity index (χ2n) is 3.20. The molecule has 62 valence electrons. The molecule has 10 heavy (non-hydrogen) atoms. The van der Waals surface area contributed by atoms with Crippen molar-refractivity contribution in [3.05, 3.63) is 0 Å². The molecule has 0 radical (unpaired) electrons. The molecule has 0 aromatic rings. The van der Waals surface area contributed by atoms with E-state index in [1.54, 1.807) is 0 Å². The molecular formula is C7H16O3. The first-order valence-electron chi connectivity index (χ1n) is 3.40. The number of rotatable bonds is 3. The van der Waals surface area contributed by atoms with Crippen LogP contribution < -0.4 is 0 Å². The van der Waals surface area contributed by atoms with Gasteiger partial charge in [0.2, 0.25) is 0 Å². The van der Waals surface area contributed by atoms with Crippen molar-refractivity contribution in [3.8, 4) is 0 Å². The van der Waals surface area contributed by atoms with Crippen molar-refractivity contribution in [1.82, 2.24) is 0 Å². The molecule has 0 aliphatic rings. The first-order chi connectivity index (χ1) is 4.36. The van der Waals surface area contributed by atoms with Crippen LogP contribution in [0.5, 0.6) is 0 Å². The summed E-state index contributed by atoms with van der Waals surface area (Å²) in [5.74, 6) is 0.259. The maximum atomic E-state index is 8.47. The Morgan fingerprint density at radius 2 is 1.60 bits per heavy atom. The maximum absolute atomic E-state index is 8.47. The van der Waals surface area contributed by atoms with Crippen LogP contribution in [-0.2, 0) is 4.74 Å². The Labute approximate surface area is 61.6 Å². The highest BCUT2D eigenvalue weighted by Crippen LogP contribution is 2.20. The highest BCUT2D eigenvalue weighted by molar-refractivity contribution is 4.71. The Morgan fingerprint density at radius 1 is 1.20 bits per heavy atom. The Morgan fingerprint density at radius 3 is 1.70 bits per heavy atom. The van der Waals surface area contributed by atoms with Gasteiger partial charge in [-0.25, -0.2) is 0 Å². The highest BCUT2D eigenvalue weighted by Gasteiger charge is 2.25. The minimum atomic E-state index is -1.67. The van der Waals surface area contributed by atoms with Gasteiger partial charge in [0.05, 0.1) is 5.60 Å². The van der Waals surface area contributed by atoms with E-state index in [0.29, 0.717) is 0 Å². The summed E-state index contributed by atoms with van der Waals surface area (Å²) in [7, 11) is 0. The summed E-state index contributed by atoms with van der Waals surface area (Å²) in [4.78, 5) is 0. The topological polar surface area (TPSA) is 49.7 Å². The summed E-state index contributed by atoms with van der Waals surface area (Å²) in [5.41, 5.74) is -0.478. The fraction of sp³-hybridized carbons (Fsp3) is 1.00. The lowest BCUT2D eigenvalue weighted by Crippen LogP contribution is -2.35. The van der Waals surface area contributed by atoms with Gasteiger partial charge in [-0.1, -0.05) is 13.8 Å². The minimum absolute atomic E-state index is 0.259. The lowest BCUT2D eigenvalue weighted by molar-refractivity contribution is -0.287. The van der Waals surface area contributed by atoms with Gasteiger partial charge in [0.1, 0.15) is 0 Å². The van der Waals surface area contributed by atoms with Crippen molar-refractivity contribution in [2.24, 2.45) is 5.92 Å². The van der Waals surface area contributed by atoms with Gasteiger partial charge in [-0.3, -0.25) is 0 Å². The summed E-state index contributed by atoms with van der Waals surface area (Å²) in [6.07, 6.45) is 0. The van der Waals surface area contributed by atoms with Gasteiger partial charge < -0.3 is 14.9 Å². The molecule has 2 N–H and O–H groups in total. The van der Waals surface area contributed by atoms with Gasteiger partial charge in [0.15, 0.2) is 0 Å². The van der Waals surface area contributed by atoms with E-state index in [1.165, 1.54) is 0 Å². The third-order valence-corrected chi connectivity index (χ3v) is 1.80. The molecule has 0 heterocycles. The minimum Gasteiger partial charge on any atom is -0.346 e. The second kappa shape index (κ2) is 3.32. The fourth-order valence-electron chi connectivity index (χ4n) is 0.408. The molecule has 0 amide bonds. The summed E-state index contributed by atoms with van der Waals surface area (Å²) >= 11 is 0. The largest absolute Gasteiger partial charge is 0.346 e. The third kappa shape index (κ3) is 3.15. The number of hydrogen-bond acceptors (Lipinski definition) is 3. The van der Waals surface area contributed by atoms with Crippen LogP contribution in [0.2, 0.25) is 0 Å². The molecule has 0 aromatic heterocycles. The SMILES string of the molecule is CC(C)C(C)(C)OC(O)O. The van der Waals surface area contributed by atoms with Crippen LogP contribution in [0.1, 0.15) is 27.7 Å². The lowest BCUT2D eigenvalue weighted by atomic mass is 9.95. The molecule has 3 heteroatoms. The molecule has 3 nitrogen and oxygen atoms in total. The average Bonchev–Trinajstić information content (AvgIpc) is 1.60. The van der Waals surface area contributed by atoms with Gasteiger partial charge in [0.25, 0.3) is 6.48 Å². The Balaban J connectivity index is 3.87. The monoisotopic (exact) mass is 148 g/mol. The van der Waals surface area contributed by atoms with E-state index >= 15 is 0 Å². The summed E-state index contributed by atoms with van der Waals surface area (Å²) in [5, 5.41) is 16.9. The van der Waals surface area contributed by atoms with Crippen molar-refractivity contribution < 1.29 is 14.9 Å². The Hall–Kier alpha value is -0.120. The Kier molecular flexibility index (Phi) is 3.28. The molecule has 0 fully saturated rings. The van der Waals surface area contributed by atoms with Gasteiger partial charge in [0, 0.05) is 0 Å². The van der Waals surface area contributed by atoms with Crippen LogP contribution in [0.4, 0.5) is 0 Å². The van der Waals surface area contributed by atoms with E-state index < -0.39 is 12.1 Å². The molecule has 0 atom stereocenters. The summed E-state index contributed by atoms with van der Waals surface area (Å²) in [6, 6.07) is 0. The maximum Gasteiger partial charge on any atom is 0.267 e. The third-order valence-electron chi connectivity index (χ3n) is 1.80. The van der Waals surface area contributed by atoms with Crippen LogP contribution in [0.15, 0.2) is 0 Å². The standard InChI is InChI=1S/C7H16O3/c1-5(2)7(3,4)10-6(8)9/h5-6,8-9H,1-4H3. The second-order valence-corrected chi connectivity index (χ2v) is 3.20. The van der Waals surface area contributed by atoms with E-state index in [0.717, 1.165) is 0 Å². The van der Waals surface area contributed by atoms with E-state index in [-0.39, 0.29) is 5.92 Å². The molecule has 0 spiro atoms. The first kappa shape index (κ1) is 9.88. The van der Waals surface area contributed by atoms with Crippen LogP contribution in [-0.4, -0.2) is 22.3 Å². The van der Waals surface area contributed by atoms with E-state index in [4.69, 9.17) is 14.9 Å². The molecule has 0 aliphatic carbocycles. The van der Waals surface area contributed by atoms with Crippen LogP contribution in [0.3, 0.4) is 0 Å². The molecule has 0 aromatic carbocycles. The van der Waals surface area contributed by atoms with Crippen molar-refractivity contribution in [1.29, 1.82) is 0 Å². The molecule has 0 aliphatic heterocycles. The molecule has 0 saturated heterocycles. The fourth-order valence-corrected chi connectivity index (χ4v) is 0.408. The van der Waals surface area contributed by atoms with E-state index in [2.05, 4.69) is 0 Å². The van der Waals surface area contributed by atoms with Crippen molar-refractivity contribution in [3.63, 3.8) is 0 Å². The summed E-state index contributed by atoms with van der Waals surface area (Å²) in [6.45, 7) is 5.89. The van der Waals surface area contributed by atoms with Crippen LogP contribution in [0.25, 0.3) is 0 Å². The normalized spacial score (nSPS) is 13.2. The number of hydrogen-bond donors (Lipinski definition) is 2. The van der Waals surface area contributed by atoms with Crippen LogP contribution >= 0.6 is 0 Å². The van der Waals surface area contributed by atoms with Gasteiger partial charge in [-0.05, 0) is 19.8 Å². The molecule has 0 rings (SSSR count). The molecule has 0 saturated carbocycles. The molecule has 0 bridgehead atoms.